The lowest BCUT2D eigenvalue weighted by Gasteiger charge is -2.15. The fraction of sp³-hybridized carbons (Fsp3) is 0.533. The van der Waals surface area contributed by atoms with Gasteiger partial charge in [-0.25, -0.2) is 0 Å². The highest BCUT2D eigenvalue weighted by atomic mass is 16.5. The molecule has 0 spiro atoms. The summed E-state index contributed by atoms with van der Waals surface area (Å²) in [5, 5.41) is 0. The maximum absolute atomic E-state index is 11.8. The SMILES string of the molecule is CC(C)OC(=O)C(C)c1ccc(OC(C)C)cc1. The molecule has 1 atom stereocenters. The van der Waals surface area contributed by atoms with Crippen molar-refractivity contribution in [1.29, 1.82) is 0 Å². The van der Waals surface area contributed by atoms with E-state index in [0.29, 0.717) is 0 Å². The van der Waals surface area contributed by atoms with Gasteiger partial charge in [0.25, 0.3) is 0 Å². The van der Waals surface area contributed by atoms with Gasteiger partial charge in [-0.2, -0.15) is 0 Å². The van der Waals surface area contributed by atoms with E-state index in [9.17, 15) is 4.79 Å². The summed E-state index contributed by atoms with van der Waals surface area (Å²) < 4.78 is 10.7. The van der Waals surface area contributed by atoms with Gasteiger partial charge in [0.15, 0.2) is 0 Å². The lowest BCUT2D eigenvalue weighted by atomic mass is 10.0. The molecule has 0 saturated heterocycles. The smallest absolute Gasteiger partial charge is 0.313 e. The van der Waals surface area contributed by atoms with Gasteiger partial charge in [0.1, 0.15) is 5.75 Å². The van der Waals surface area contributed by atoms with Crippen LogP contribution in [-0.4, -0.2) is 18.2 Å². The Morgan fingerprint density at radius 1 is 0.944 bits per heavy atom. The third-order valence-electron chi connectivity index (χ3n) is 2.46. The second-order valence-electron chi connectivity index (χ2n) is 4.94. The fourth-order valence-corrected chi connectivity index (χ4v) is 1.58. The Kier molecular flexibility index (Phi) is 5.20. The minimum absolute atomic E-state index is 0.0801. The molecule has 1 aromatic carbocycles. The monoisotopic (exact) mass is 250 g/mol. The van der Waals surface area contributed by atoms with Crippen LogP contribution in [-0.2, 0) is 9.53 Å². The lowest BCUT2D eigenvalue weighted by molar-refractivity contribution is -0.148. The molecule has 3 heteroatoms. The second-order valence-corrected chi connectivity index (χ2v) is 4.94. The third kappa shape index (κ3) is 4.40. The topological polar surface area (TPSA) is 35.5 Å². The van der Waals surface area contributed by atoms with Gasteiger partial charge in [-0.1, -0.05) is 12.1 Å². The molecule has 0 aliphatic carbocycles. The first-order valence-electron chi connectivity index (χ1n) is 6.37. The van der Waals surface area contributed by atoms with Crippen LogP contribution < -0.4 is 4.74 Å². The molecule has 0 heterocycles. The quantitative estimate of drug-likeness (QED) is 0.750. The summed E-state index contributed by atoms with van der Waals surface area (Å²) in [7, 11) is 0. The average molecular weight is 250 g/mol. The zero-order valence-electron chi connectivity index (χ0n) is 11.8. The summed E-state index contributed by atoms with van der Waals surface area (Å²) in [5.41, 5.74) is 0.941. The van der Waals surface area contributed by atoms with E-state index in [1.54, 1.807) is 0 Å². The van der Waals surface area contributed by atoms with E-state index >= 15 is 0 Å². The largest absolute Gasteiger partial charge is 0.491 e. The van der Waals surface area contributed by atoms with Crippen LogP contribution in [0.25, 0.3) is 0 Å². The van der Waals surface area contributed by atoms with Crippen molar-refractivity contribution in [3.63, 3.8) is 0 Å². The third-order valence-corrected chi connectivity index (χ3v) is 2.46. The van der Waals surface area contributed by atoms with E-state index in [4.69, 9.17) is 9.47 Å². The van der Waals surface area contributed by atoms with Crippen molar-refractivity contribution in [2.75, 3.05) is 0 Å². The predicted molar refractivity (Wildman–Crippen MR) is 71.8 cm³/mol. The molecular formula is C15H22O3. The second kappa shape index (κ2) is 6.43. The zero-order valence-corrected chi connectivity index (χ0v) is 11.8. The van der Waals surface area contributed by atoms with Crippen LogP contribution in [0.2, 0.25) is 0 Å². The molecule has 0 amide bonds. The van der Waals surface area contributed by atoms with Gasteiger partial charge in [0, 0.05) is 0 Å². The number of ether oxygens (including phenoxy) is 2. The van der Waals surface area contributed by atoms with Crippen molar-refractivity contribution in [2.24, 2.45) is 0 Å². The van der Waals surface area contributed by atoms with E-state index in [1.165, 1.54) is 0 Å². The van der Waals surface area contributed by atoms with Crippen molar-refractivity contribution >= 4 is 5.97 Å². The Hall–Kier alpha value is -1.51. The molecular weight excluding hydrogens is 228 g/mol. The molecule has 0 N–H and O–H groups in total. The van der Waals surface area contributed by atoms with Crippen LogP contribution in [0.4, 0.5) is 0 Å². The molecule has 18 heavy (non-hydrogen) atoms. The van der Waals surface area contributed by atoms with Crippen molar-refractivity contribution in [2.45, 2.75) is 52.7 Å². The van der Waals surface area contributed by atoms with Gasteiger partial charge < -0.3 is 9.47 Å². The van der Waals surface area contributed by atoms with E-state index in [1.807, 2.05) is 58.9 Å². The number of carbonyl (C=O) groups excluding carboxylic acids is 1. The lowest BCUT2D eigenvalue weighted by Crippen LogP contribution is -2.17. The first-order chi connectivity index (χ1) is 8.40. The summed E-state index contributed by atoms with van der Waals surface area (Å²) >= 11 is 0. The summed E-state index contributed by atoms with van der Waals surface area (Å²) in [5.74, 6) is 0.376. The maximum Gasteiger partial charge on any atom is 0.313 e. The van der Waals surface area contributed by atoms with Gasteiger partial charge in [-0.05, 0) is 52.3 Å². The Bertz CT molecular complexity index is 379. The first-order valence-corrected chi connectivity index (χ1v) is 6.37. The summed E-state index contributed by atoms with van der Waals surface area (Å²) in [6.45, 7) is 9.52. The average Bonchev–Trinajstić information content (AvgIpc) is 2.27. The molecule has 1 unspecified atom stereocenters. The molecule has 1 rings (SSSR count). The molecule has 0 radical (unpaired) electrons. The molecule has 0 aliphatic rings. The van der Waals surface area contributed by atoms with E-state index in [0.717, 1.165) is 11.3 Å². The molecule has 0 aliphatic heterocycles. The van der Waals surface area contributed by atoms with Gasteiger partial charge in [-0.15, -0.1) is 0 Å². The van der Waals surface area contributed by atoms with E-state index < -0.39 is 0 Å². The van der Waals surface area contributed by atoms with Gasteiger partial charge in [0.05, 0.1) is 18.1 Å². The molecule has 1 aromatic rings. The Morgan fingerprint density at radius 2 is 1.50 bits per heavy atom. The standard InChI is InChI=1S/C15H22O3/c1-10(2)17-14-8-6-13(7-9-14)12(5)15(16)18-11(3)4/h6-12H,1-5H3. The minimum atomic E-state index is -0.250. The minimum Gasteiger partial charge on any atom is -0.491 e. The molecule has 0 bridgehead atoms. The van der Waals surface area contributed by atoms with Crippen molar-refractivity contribution in [3.05, 3.63) is 29.8 Å². The number of hydrogen-bond donors (Lipinski definition) is 0. The van der Waals surface area contributed by atoms with Gasteiger partial charge in [0.2, 0.25) is 0 Å². The molecule has 0 aromatic heterocycles. The predicted octanol–water partition coefficient (Wildman–Crippen LogP) is 3.53. The first kappa shape index (κ1) is 14.6. The van der Waals surface area contributed by atoms with Crippen LogP contribution in [0, 0.1) is 0 Å². The number of carbonyl (C=O) groups is 1. The van der Waals surface area contributed by atoms with Crippen molar-refractivity contribution in [1.82, 2.24) is 0 Å². The van der Waals surface area contributed by atoms with Gasteiger partial charge >= 0.3 is 5.97 Å². The number of rotatable bonds is 5. The Labute approximate surface area is 109 Å². The fourth-order valence-electron chi connectivity index (χ4n) is 1.58. The normalized spacial score (nSPS) is 12.6. The number of benzene rings is 1. The van der Waals surface area contributed by atoms with Crippen molar-refractivity contribution < 1.29 is 14.3 Å². The molecule has 3 nitrogen and oxygen atoms in total. The van der Waals surface area contributed by atoms with Crippen molar-refractivity contribution in [3.8, 4) is 5.75 Å². The Balaban J connectivity index is 2.69. The maximum atomic E-state index is 11.8. The van der Waals surface area contributed by atoms with Gasteiger partial charge in [-0.3, -0.25) is 4.79 Å². The van der Waals surface area contributed by atoms with Crippen LogP contribution in [0.3, 0.4) is 0 Å². The highest BCUT2D eigenvalue weighted by Crippen LogP contribution is 2.21. The molecule has 100 valence electrons. The van der Waals surface area contributed by atoms with E-state index in [2.05, 4.69) is 0 Å². The molecule has 0 fully saturated rings. The summed E-state index contributed by atoms with van der Waals surface area (Å²) in [6.07, 6.45) is 0.0719. The summed E-state index contributed by atoms with van der Waals surface area (Å²) in [4.78, 5) is 11.8. The van der Waals surface area contributed by atoms with Crippen LogP contribution in [0.5, 0.6) is 5.75 Å². The molecule has 0 saturated carbocycles. The number of hydrogen-bond acceptors (Lipinski definition) is 3. The summed E-state index contributed by atoms with van der Waals surface area (Å²) in [6, 6.07) is 7.58. The van der Waals surface area contributed by atoms with Crippen LogP contribution in [0.1, 0.15) is 46.1 Å². The zero-order chi connectivity index (χ0) is 13.7. The van der Waals surface area contributed by atoms with E-state index in [-0.39, 0.29) is 24.1 Å². The highest BCUT2D eigenvalue weighted by Gasteiger charge is 2.17. The Morgan fingerprint density at radius 3 is 1.94 bits per heavy atom. The van der Waals surface area contributed by atoms with Crippen LogP contribution in [0.15, 0.2) is 24.3 Å². The highest BCUT2D eigenvalue weighted by molar-refractivity contribution is 5.77. The number of esters is 1. The van der Waals surface area contributed by atoms with Crippen LogP contribution >= 0.6 is 0 Å².